The fourth-order valence-electron chi connectivity index (χ4n) is 2.58. The van der Waals surface area contributed by atoms with E-state index in [1.165, 1.54) is 38.5 Å². The number of amides is 1. The molecule has 0 aliphatic carbocycles. The van der Waals surface area contributed by atoms with Gasteiger partial charge >= 0.3 is 5.97 Å². The average Bonchev–Trinajstić information content (AvgIpc) is 2.82. The summed E-state index contributed by atoms with van der Waals surface area (Å²) in [6, 6.07) is -0.471. The van der Waals surface area contributed by atoms with Gasteiger partial charge < -0.3 is 10.1 Å². The van der Waals surface area contributed by atoms with Crippen LogP contribution in [-0.2, 0) is 14.3 Å². The highest BCUT2D eigenvalue weighted by Crippen LogP contribution is 2.22. The summed E-state index contributed by atoms with van der Waals surface area (Å²) in [4.78, 5) is 23.3. The zero-order chi connectivity index (χ0) is 16.4. The number of cyclic esters (lactones) is 1. The van der Waals surface area contributed by atoms with Gasteiger partial charge in [0.1, 0.15) is 6.04 Å². The normalized spacial score (nSPS) is 18.2. The van der Waals surface area contributed by atoms with Crippen molar-refractivity contribution in [3.8, 4) is 0 Å². The lowest BCUT2D eigenvalue weighted by molar-refractivity contribution is -0.141. The van der Waals surface area contributed by atoms with E-state index in [0.717, 1.165) is 12.2 Å². The first-order valence-electron chi connectivity index (χ1n) is 8.35. The van der Waals surface area contributed by atoms with E-state index in [1.54, 1.807) is 0 Å². The van der Waals surface area contributed by atoms with Crippen LogP contribution in [0.15, 0.2) is 0 Å². The van der Waals surface area contributed by atoms with E-state index in [4.69, 9.17) is 4.74 Å². The molecule has 0 aromatic rings. The Hall–Kier alpha value is -0.970. The fraction of sp³-hybridized carbons (Fsp3) is 0.765. The molecule has 1 heterocycles. The van der Waals surface area contributed by atoms with Crippen LogP contribution in [0.25, 0.3) is 0 Å². The summed E-state index contributed by atoms with van der Waals surface area (Å²) in [5.41, 5.74) is 0. The highest BCUT2D eigenvalue weighted by molar-refractivity contribution is 8.28. The van der Waals surface area contributed by atoms with Crippen LogP contribution in [0.1, 0.15) is 58.3 Å². The van der Waals surface area contributed by atoms with Crippen LogP contribution in [0.2, 0.25) is 0 Å². The highest BCUT2D eigenvalue weighted by Gasteiger charge is 2.27. The van der Waals surface area contributed by atoms with Crippen molar-refractivity contribution in [3.63, 3.8) is 0 Å². The number of rotatable bonds is 11. The molecule has 1 fully saturated rings. The molecule has 0 bridgehead atoms. The fourth-order valence-corrected chi connectivity index (χ4v) is 4.18. The van der Waals surface area contributed by atoms with E-state index >= 15 is 0 Å². The molecular weight excluding hydrogens is 298 g/mol. The summed E-state index contributed by atoms with van der Waals surface area (Å²) in [5.74, 6) is 9.11. The van der Waals surface area contributed by atoms with Crippen LogP contribution < -0.4 is 5.32 Å². The minimum Gasteiger partial charge on any atom is -0.464 e. The number of hydrogen-bond acceptors (Lipinski definition) is 3. The molecule has 1 N–H and O–H groups in total. The highest BCUT2D eigenvalue weighted by atomic mass is 32.2. The molecular formula is C17H31NO3S. The Morgan fingerprint density at radius 2 is 1.86 bits per heavy atom. The van der Waals surface area contributed by atoms with Gasteiger partial charge in [-0.2, -0.15) is 0 Å². The molecule has 1 unspecified atom stereocenters. The standard InChI is InChI=1S/C17H31NO3S/c1-4-5-6-7-8-9-10-13-22(2,3)14-16(19)18-15-11-12-21-17(15)20/h15H,2-14H2,1H3,(H,18,19). The molecule has 22 heavy (non-hydrogen) atoms. The number of hydrogen-bond donors (Lipinski definition) is 1. The summed E-state index contributed by atoms with van der Waals surface area (Å²) >= 11 is 0. The average molecular weight is 330 g/mol. The molecule has 1 saturated heterocycles. The maximum absolute atomic E-state index is 12.0. The Labute approximate surface area is 135 Å². The number of unbranched alkanes of at least 4 members (excludes halogenated alkanes) is 6. The van der Waals surface area contributed by atoms with E-state index in [0.29, 0.717) is 18.8 Å². The first-order valence-corrected chi connectivity index (χ1v) is 10.7. The van der Waals surface area contributed by atoms with Crippen molar-refractivity contribution >= 4 is 32.8 Å². The van der Waals surface area contributed by atoms with Crippen molar-refractivity contribution in [2.45, 2.75) is 64.3 Å². The van der Waals surface area contributed by atoms with Gasteiger partial charge in [-0.3, -0.25) is 4.79 Å². The van der Waals surface area contributed by atoms with Crippen molar-refractivity contribution in [2.24, 2.45) is 0 Å². The number of ether oxygens (including phenoxy) is 1. The lowest BCUT2D eigenvalue weighted by atomic mass is 10.1. The maximum atomic E-state index is 12.0. The molecule has 128 valence electrons. The van der Waals surface area contributed by atoms with Crippen LogP contribution in [0.5, 0.6) is 0 Å². The smallest absolute Gasteiger partial charge is 0.328 e. The van der Waals surface area contributed by atoms with Gasteiger partial charge in [0.2, 0.25) is 5.91 Å². The third-order valence-corrected chi connectivity index (χ3v) is 5.92. The molecule has 0 spiro atoms. The van der Waals surface area contributed by atoms with Gasteiger partial charge in [-0.15, -0.1) is 0 Å². The molecule has 4 nitrogen and oxygen atoms in total. The third-order valence-electron chi connectivity index (χ3n) is 3.89. The second-order valence-electron chi connectivity index (χ2n) is 6.27. The number of esters is 1. The maximum Gasteiger partial charge on any atom is 0.328 e. The van der Waals surface area contributed by atoms with Gasteiger partial charge in [-0.1, -0.05) is 57.2 Å². The Balaban J connectivity index is 2.17. The van der Waals surface area contributed by atoms with Crippen molar-refractivity contribution in [3.05, 3.63) is 0 Å². The Bertz CT molecular complexity index is 457. The van der Waals surface area contributed by atoms with Gasteiger partial charge in [-0.05, 0) is 12.2 Å². The molecule has 1 atom stereocenters. The zero-order valence-electron chi connectivity index (χ0n) is 13.9. The van der Waals surface area contributed by atoms with Gasteiger partial charge in [0.25, 0.3) is 0 Å². The van der Waals surface area contributed by atoms with Crippen LogP contribution in [0, 0.1) is 0 Å². The van der Waals surface area contributed by atoms with Gasteiger partial charge in [0.15, 0.2) is 0 Å². The van der Waals surface area contributed by atoms with Crippen molar-refractivity contribution in [1.82, 2.24) is 5.32 Å². The topological polar surface area (TPSA) is 55.4 Å². The monoisotopic (exact) mass is 329 g/mol. The largest absolute Gasteiger partial charge is 0.464 e. The van der Waals surface area contributed by atoms with Crippen molar-refractivity contribution in [1.29, 1.82) is 0 Å². The first kappa shape index (κ1) is 19.1. The van der Waals surface area contributed by atoms with Gasteiger partial charge in [0, 0.05) is 6.42 Å². The van der Waals surface area contributed by atoms with Gasteiger partial charge in [-0.25, -0.2) is 14.0 Å². The number of nitrogens with one attached hydrogen (secondary N) is 1. The summed E-state index contributed by atoms with van der Waals surface area (Å²) in [7, 11) is -1.40. The molecule has 0 aromatic heterocycles. The number of carbonyl (C=O) groups is 2. The zero-order valence-corrected chi connectivity index (χ0v) is 14.7. The van der Waals surface area contributed by atoms with E-state index in [2.05, 4.69) is 24.0 Å². The molecule has 0 aromatic carbocycles. The van der Waals surface area contributed by atoms with E-state index < -0.39 is 15.2 Å². The van der Waals surface area contributed by atoms with Gasteiger partial charge in [0.05, 0.1) is 12.4 Å². The summed E-state index contributed by atoms with van der Waals surface area (Å²) in [6.45, 7) is 2.62. The molecule has 0 saturated carbocycles. The SMILES string of the molecule is C=S(=C)(CCCCCCCCC)CC(=O)NC1CCOC1=O. The van der Waals surface area contributed by atoms with Crippen LogP contribution >= 0.6 is 9.21 Å². The Morgan fingerprint density at radius 1 is 1.23 bits per heavy atom. The lowest BCUT2D eigenvalue weighted by Crippen LogP contribution is -2.39. The minimum atomic E-state index is -1.40. The van der Waals surface area contributed by atoms with E-state index in [9.17, 15) is 9.59 Å². The van der Waals surface area contributed by atoms with Crippen LogP contribution in [0.3, 0.4) is 0 Å². The van der Waals surface area contributed by atoms with Crippen LogP contribution in [-0.4, -0.2) is 47.8 Å². The molecule has 1 aliphatic rings. The summed E-state index contributed by atoms with van der Waals surface area (Å²) in [6.07, 6.45) is 9.33. The quantitative estimate of drug-likeness (QED) is 0.360. The third kappa shape index (κ3) is 7.87. The van der Waals surface area contributed by atoms with Crippen LogP contribution in [0.4, 0.5) is 0 Å². The lowest BCUT2D eigenvalue weighted by Gasteiger charge is -2.15. The second kappa shape index (κ2) is 9.93. The second-order valence-corrected chi connectivity index (χ2v) is 9.42. The molecule has 1 amide bonds. The first-order chi connectivity index (χ1) is 10.4. The predicted octanol–water partition coefficient (Wildman–Crippen LogP) is 2.84. The molecule has 0 radical (unpaired) electrons. The predicted molar refractivity (Wildman–Crippen MR) is 97.1 cm³/mol. The van der Waals surface area contributed by atoms with Crippen molar-refractivity contribution in [2.75, 3.05) is 18.1 Å². The van der Waals surface area contributed by atoms with Crippen molar-refractivity contribution < 1.29 is 14.3 Å². The Kier molecular flexibility index (Phi) is 8.61. The Morgan fingerprint density at radius 3 is 2.45 bits per heavy atom. The molecule has 1 rings (SSSR count). The molecule has 1 aliphatic heterocycles. The van der Waals surface area contributed by atoms with E-state index in [1.807, 2.05) is 0 Å². The molecule has 5 heteroatoms. The number of carbonyl (C=O) groups excluding carboxylic acids is 2. The van der Waals surface area contributed by atoms with E-state index in [-0.39, 0.29) is 11.9 Å². The summed E-state index contributed by atoms with van der Waals surface area (Å²) in [5, 5.41) is 2.74. The summed E-state index contributed by atoms with van der Waals surface area (Å²) < 4.78 is 4.84. The minimum absolute atomic E-state index is 0.119.